The van der Waals surface area contributed by atoms with E-state index in [1.807, 2.05) is 30.3 Å². The number of nitrogens with zero attached hydrogens (tertiary/aromatic N) is 1. The van der Waals surface area contributed by atoms with E-state index in [2.05, 4.69) is 52.7 Å². The van der Waals surface area contributed by atoms with Crippen LogP contribution >= 0.6 is 0 Å². The fourth-order valence-corrected chi connectivity index (χ4v) is 4.97. The molecule has 0 spiro atoms. The van der Waals surface area contributed by atoms with Gasteiger partial charge in [-0.25, -0.2) is 0 Å². The van der Waals surface area contributed by atoms with Crippen molar-refractivity contribution in [1.82, 2.24) is 15.2 Å². The van der Waals surface area contributed by atoms with Crippen molar-refractivity contribution < 1.29 is 17.9 Å². The molecule has 0 saturated carbocycles. The van der Waals surface area contributed by atoms with Crippen molar-refractivity contribution in [3.63, 3.8) is 0 Å². The number of benzene rings is 3. The lowest BCUT2D eigenvalue weighted by Gasteiger charge is -2.23. The summed E-state index contributed by atoms with van der Waals surface area (Å²) in [5, 5.41) is 4.89. The van der Waals surface area contributed by atoms with E-state index in [1.54, 1.807) is 0 Å². The van der Waals surface area contributed by atoms with Crippen LogP contribution in [-0.4, -0.2) is 43.1 Å². The minimum Gasteiger partial charge on any atom is -0.486 e. The normalized spacial score (nSPS) is 12.7. The summed E-state index contributed by atoms with van der Waals surface area (Å²) in [6.45, 7) is 3.88. The number of aromatic amines is 1. The van der Waals surface area contributed by atoms with Crippen LogP contribution in [0.15, 0.2) is 85.1 Å². The van der Waals surface area contributed by atoms with E-state index < -0.39 is 11.7 Å². The quantitative estimate of drug-likeness (QED) is 0.139. The van der Waals surface area contributed by atoms with E-state index in [4.69, 9.17) is 4.74 Å². The molecule has 1 heterocycles. The van der Waals surface area contributed by atoms with E-state index in [1.165, 1.54) is 47.9 Å². The molecule has 214 valence electrons. The van der Waals surface area contributed by atoms with E-state index >= 15 is 0 Å². The Morgan fingerprint density at radius 2 is 1.55 bits per heavy atom. The summed E-state index contributed by atoms with van der Waals surface area (Å²) in [4.78, 5) is 5.65. The maximum atomic E-state index is 12.9. The van der Waals surface area contributed by atoms with Crippen LogP contribution in [0.25, 0.3) is 10.9 Å². The second-order valence-corrected chi connectivity index (χ2v) is 10.4. The predicted molar refractivity (Wildman–Crippen MR) is 157 cm³/mol. The van der Waals surface area contributed by atoms with Crippen LogP contribution in [0.2, 0.25) is 0 Å². The zero-order valence-electron chi connectivity index (χ0n) is 23.2. The SMILES string of the molecule is CN(CCCCCCNCCc1c[nH]c2ccccc12)CCC(Oc1ccc(C(F)(F)F)cc1)c1ccccc1. The minimum absolute atomic E-state index is 0.226. The van der Waals surface area contributed by atoms with Crippen LogP contribution in [0.5, 0.6) is 5.75 Å². The molecule has 4 nitrogen and oxygen atoms in total. The molecule has 0 aliphatic rings. The average molecular weight is 552 g/mol. The highest BCUT2D eigenvalue weighted by Gasteiger charge is 2.30. The van der Waals surface area contributed by atoms with Gasteiger partial charge in [0.2, 0.25) is 0 Å². The molecule has 0 bridgehead atoms. The number of H-pyrrole nitrogens is 1. The lowest BCUT2D eigenvalue weighted by atomic mass is 10.1. The number of hydrogen-bond acceptors (Lipinski definition) is 3. The van der Waals surface area contributed by atoms with Crippen molar-refractivity contribution in [1.29, 1.82) is 0 Å². The highest BCUT2D eigenvalue weighted by molar-refractivity contribution is 5.83. The van der Waals surface area contributed by atoms with Gasteiger partial charge in [0.25, 0.3) is 0 Å². The van der Waals surface area contributed by atoms with Gasteiger partial charge in [-0.3, -0.25) is 0 Å². The van der Waals surface area contributed by atoms with Crippen molar-refractivity contribution >= 4 is 10.9 Å². The fraction of sp³-hybridized carbons (Fsp3) is 0.394. The molecule has 1 unspecified atom stereocenters. The number of halogens is 3. The average Bonchev–Trinajstić information content (AvgIpc) is 3.37. The van der Waals surface area contributed by atoms with Crippen LogP contribution in [0.4, 0.5) is 13.2 Å². The van der Waals surface area contributed by atoms with Gasteiger partial charge in [-0.2, -0.15) is 13.2 Å². The molecule has 4 aromatic rings. The Kier molecular flexibility index (Phi) is 11.1. The Hall–Kier alpha value is -3.29. The molecule has 3 aromatic carbocycles. The number of rotatable bonds is 16. The van der Waals surface area contributed by atoms with Gasteiger partial charge >= 0.3 is 6.18 Å². The molecule has 2 N–H and O–H groups in total. The van der Waals surface area contributed by atoms with E-state index in [0.29, 0.717) is 5.75 Å². The minimum atomic E-state index is -4.35. The highest BCUT2D eigenvalue weighted by Crippen LogP contribution is 2.32. The van der Waals surface area contributed by atoms with E-state index in [9.17, 15) is 13.2 Å². The Labute approximate surface area is 235 Å². The second-order valence-electron chi connectivity index (χ2n) is 10.4. The molecular weight excluding hydrogens is 511 g/mol. The molecule has 1 atom stereocenters. The lowest BCUT2D eigenvalue weighted by molar-refractivity contribution is -0.137. The lowest BCUT2D eigenvalue weighted by Crippen LogP contribution is -2.24. The second kappa shape index (κ2) is 14.9. The molecule has 0 saturated heterocycles. The van der Waals surface area contributed by atoms with Crippen molar-refractivity contribution in [2.75, 3.05) is 33.2 Å². The van der Waals surface area contributed by atoms with Crippen molar-refractivity contribution in [3.05, 3.63) is 102 Å². The van der Waals surface area contributed by atoms with Gasteiger partial charge in [-0.15, -0.1) is 0 Å². The molecule has 0 amide bonds. The Morgan fingerprint density at radius 1 is 0.825 bits per heavy atom. The molecule has 0 fully saturated rings. The van der Waals surface area contributed by atoms with Gasteiger partial charge in [-0.05, 0) is 87.4 Å². The third-order valence-electron chi connectivity index (χ3n) is 7.29. The molecule has 7 heteroatoms. The first kappa shape index (κ1) is 29.7. The van der Waals surface area contributed by atoms with Gasteiger partial charge < -0.3 is 19.9 Å². The first-order valence-electron chi connectivity index (χ1n) is 14.2. The number of alkyl halides is 3. The smallest absolute Gasteiger partial charge is 0.416 e. The number of nitrogens with one attached hydrogen (secondary N) is 2. The Bertz CT molecular complexity index is 1270. The summed E-state index contributed by atoms with van der Waals surface area (Å²) >= 11 is 0. The highest BCUT2D eigenvalue weighted by atomic mass is 19.4. The number of aromatic nitrogens is 1. The summed E-state index contributed by atoms with van der Waals surface area (Å²) < 4.78 is 44.9. The van der Waals surface area contributed by atoms with Crippen LogP contribution in [0.3, 0.4) is 0 Å². The zero-order chi connectivity index (χ0) is 28.2. The summed E-state index contributed by atoms with van der Waals surface area (Å²) in [6, 6.07) is 23.2. The van der Waals surface area contributed by atoms with Crippen molar-refractivity contribution in [3.8, 4) is 5.75 Å². The largest absolute Gasteiger partial charge is 0.486 e. The number of hydrogen-bond donors (Lipinski definition) is 2. The van der Waals surface area contributed by atoms with Crippen LogP contribution in [0, 0.1) is 0 Å². The van der Waals surface area contributed by atoms with Crippen LogP contribution in [-0.2, 0) is 12.6 Å². The maximum Gasteiger partial charge on any atom is 0.416 e. The summed E-state index contributed by atoms with van der Waals surface area (Å²) in [5.41, 5.74) is 2.92. The Morgan fingerprint density at radius 3 is 2.33 bits per heavy atom. The predicted octanol–water partition coefficient (Wildman–Crippen LogP) is 8.02. The summed E-state index contributed by atoms with van der Waals surface area (Å²) in [5.74, 6) is 0.444. The number of para-hydroxylation sites is 1. The van der Waals surface area contributed by atoms with Crippen LogP contribution < -0.4 is 10.1 Å². The van der Waals surface area contributed by atoms with E-state index in [0.717, 1.165) is 63.1 Å². The summed E-state index contributed by atoms with van der Waals surface area (Å²) in [7, 11) is 2.12. The third-order valence-corrected chi connectivity index (χ3v) is 7.29. The fourth-order valence-electron chi connectivity index (χ4n) is 4.97. The zero-order valence-corrected chi connectivity index (χ0v) is 23.2. The number of fused-ring (bicyclic) bond motifs is 1. The van der Waals surface area contributed by atoms with Crippen molar-refractivity contribution in [2.24, 2.45) is 0 Å². The molecular formula is C33H40F3N3O. The molecule has 0 aliphatic heterocycles. The monoisotopic (exact) mass is 551 g/mol. The number of ether oxygens (including phenoxy) is 1. The maximum absolute atomic E-state index is 12.9. The first-order chi connectivity index (χ1) is 19.4. The molecule has 0 radical (unpaired) electrons. The summed E-state index contributed by atoms with van der Waals surface area (Å²) in [6.07, 6.45) is 4.03. The van der Waals surface area contributed by atoms with Gasteiger partial charge in [0.05, 0.1) is 5.56 Å². The molecule has 4 rings (SSSR count). The van der Waals surface area contributed by atoms with Crippen molar-refractivity contribution in [2.45, 2.75) is 50.8 Å². The van der Waals surface area contributed by atoms with Gasteiger partial charge in [-0.1, -0.05) is 61.4 Å². The number of unbranched alkanes of at least 4 members (excludes halogenated alkanes) is 3. The Balaban J connectivity index is 1.11. The van der Waals surface area contributed by atoms with E-state index in [-0.39, 0.29) is 6.10 Å². The van der Waals surface area contributed by atoms with Gasteiger partial charge in [0, 0.05) is 30.1 Å². The van der Waals surface area contributed by atoms with Gasteiger partial charge in [0.1, 0.15) is 11.9 Å². The first-order valence-corrected chi connectivity index (χ1v) is 14.2. The third kappa shape index (κ3) is 9.14. The van der Waals surface area contributed by atoms with Gasteiger partial charge in [0.15, 0.2) is 0 Å². The molecule has 40 heavy (non-hydrogen) atoms. The molecule has 0 aliphatic carbocycles. The topological polar surface area (TPSA) is 40.3 Å². The standard InChI is InChI=1S/C33H40F3N3O/c1-39(23-10-3-2-9-21-37-22-19-27-25-38-31-14-8-7-13-30(27)31)24-20-32(26-11-5-4-6-12-26)40-29-17-15-28(16-18-29)33(34,35)36/h4-8,11-18,25,32,37-38H,2-3,9-10,19-24H2,1H3. The molecule has 1 aromatic heterocycles. The van der Waals surface area contributed by atoms with Crippen LogP contribution in [0.1, 0.15) is 54.9 Å².